The lowest BCUT2D eigenvalue weighted by atomic mass is 10.4. The number of alkyl halides is 2. The topological polar surface area (TPSA) is 96.0 Å². The first-order valence-corrected chi connectivity index (χ1v) is 9.15. The van der Waals surface area contributed by atoms with Crippen LogP contribution in [-0.2, 0) is 14.3 Å². The predicted molar refractivity (Wildman–Crippen MR) is 97.9 cm³/mol. The van der Waals surface area contributed by atoms with E-state index in [9.17, 15) is 4.79 Å². The van der Waals surface area contributed by atoms with E-state index in [1.54, 1.807) is 7.05 Å². The Kier molecular flexibility index (Phi) is 6.52. The van der Waals surface area contributed by atoms with Crippen LogP contribution in [0.4, 0.5) is 17.8 Å². The van der Waals surface area contributed by atoms with E-state index in [1.165, 1.54) is 5.01 Å². The average Bonchev–Trinajstić information content (AvgIpc) is 2.68. The third-order valence-corrected chi connectivity index (χ3v) is 4.36. The smallest absolute Gasteiger partial charge is 0.271 e. The summed E-state index contributed by atoms with van der Waals surface area (Å²) in [5.41, 5.74) is 2.55. The minimum absolute atomic E-state index is 0.297. The van der Waals surface area contributed by atoms with E-state index >= 15 is 0 Å². The predicted octanol–water partition coefficient (Wildman–Crippen LogP) is -0.184. The van der Waals surface area contributed by atoms with E-state index in [1.807, 2.05) is 9.80 Å². The van der Waals surface area contributed by atoms with Gasteiger partial charge >= 0.3 is 0 Å². The van der Waals surface area contributed by atoms with Crippen LogP contribution in [0.2, 0.25) is 0 Å². The molecular weight excluding hydrogens is 385 g/mol. The van der Waals surface area contributed by atoms with Crippen LogP contribution >= 0.6 is 23.2 Å². The number of carbonyl (C=O) groups is 1. The van der Waals surface area contributed by atoms with E-state index in [2.05, 4.69) is 20.4 Å². The molecule has 3 rings (SSSR count). The van der Waals surface area contributed by atoms with E-state index in [0.717, 1.165) is 0 Å². The molecule has 12 heteroatoms. The highest BCUT2D eigenvalue weighted by Crippen LogP contribution is 2.20. The maximum atomic E-state index is 11.8. The number of halogens is 2. The quantitative estimate of drug-likeness (QED) is 0.528. The lowest BCUT2D eigenvalue weighted by molar-refractivity contribution is -0.119. The van der Waals surface area contributed by atoms with Gasteiger partial charge in [-0.05, 0) is 0 Å². The van der Waals surface area contributed by atoms with Crippen molar-refractivity contribution in [2.45, 2.75) is 4.84 Å². The zero-order valence-electron chi connectivity index (χ0n) is 14.4. The van der Waals surface area contributed by atoms with Gasteiger partial charge in [0.1, 0.15) is 0 Å². The van der Waals surface area contributed by atoms with Gasteiger partial charge in [-0.3, -0.25) is 15.2 Å². The Balaban J connectivity index is 1.87. The number of amides is 1. The van der Waals surface area contributed by atoms with Gasteiger partial charge in [-0.1, -0.05) is 23.2 Å². The fourth-order valence-corrected chi connectivity index (χ4v) is 2.66. The summed E-state index contributed by atoms with van der Waals surface area (Å²) in [5, 5.41) is 1.38. The van der Waals surface area contributed by atoms with Gasteiger partial charge in [-0.2, -0.15) is 15.0 Å². The highest BCUT2D eigenvalue weighted by Gasteiger charge is 2.23. The lowest BCUT2D eigenvalue weighted by Gasteiger charge is -2.31. The second-order valence-corrected chi connectivity index (χ2v) is 6.87. The van der Waals surface area contributed by atoms with E-state index in [4.69, 9.17) is 32.7 Å². The van der Waals surface area contributed by atoms with Crippen LogP contribution in [0, 0.1) is 0 Å². The molecule has 1 N–H and O–H groups in total. The monoisotopic (exact) mass is 405 g/mol. The number of morpholine rings is 2. The summed E-state index contributed by atoms with van der Waals surface area (Å²) in [7, 11) is 1.62. The number of ether oxygens (including phenoxy) is 2. The zero-order valence-corrected chi connectivity index (χ0v) is 15.9. The van der Waals surface area contributed by atoms with Gasteiger partial charge in [0, 0.05) is 33.2 Å². The van der Waals surface area contributed by atoms with Crippen molar-refractivity contribution in [1.29, 1.82) is 0 Å². The van der Waals surface area contributed by atoms with Crippen LogP contribution in [0.3, 0.4) is 0 Å². The van der Waals surface area contributed by atoms with Crippen molar-refractivity contribution in [3.05, 3.63) is 0 Å². The molecule has 2 saturated heterocycles. The molecule has 10 nitrogen and oxygen atoms in total. The van der Waals surface area contributed by atoms with E-state index < -0.39 is 10.7 Å². The van der Waals surface area contributed by atoms with Crippen LogP contribution in [0.5, 0.6) is 0 Å². The molecule has 2 aliphatic heterocycles. The molecule has 1 aromatic heterocycles. The highest BCUT2D eigenvalue weighted by molar-refractivity contribution is 6.53. The summed E-state index contributed by atoms with van der Waals surface area (Å²) >= 11 is 11.2. The number of hydrogen-bond donors (Lipinski definition) is 1. The first-order valence-electron chi connectivity index (χ1n) is 8.28. The van der Waals surface area contributed by atoms with Crippen molar-refractivity contribution in [1.82, 2.24) is 20.4 Å². The summed E-state index contributed by atoms with van der Waals surface area (Å²) in [6.45, 7) is 5.20. The first-order chi connectivity index (χ1) is 12.5. The van der Waals surface area contributed by atoms with Crippen molar-refractivity contribution in [3.8, 4) is 0 Å². The normalized spacial score (nSPS) is 18.2. The Morgan fingerprint density at radius 1 is 1.00 bits per heavy atom. The molecule has 0 radical (unpaired) electrons. The molecule has 144 valence electrons. The summed E-state index contributed by atoms with van der Waals surface area (Å²) in [6.07, 6.45) is 0. The molecule has 3 heterocycles. The number of rotatable bonds is 5. The van der Waals surface area contributed by atoms with E-state index in [-0.39, 0.29) is 0 Å². The summed E-state index contributed by atoms with van der Waals surface area (Å²) in [6, 6.07) is 0. The molecule has 0 atom stereocenters. The number of aromatic nitrogens is 3. The zero-order chi connectivity index (χ0) is 18.5. The van der Waals surface area contributed by atoms with Gasteiger partial charge in [0.25, 0.3) is 11.9 Å². The molecule has 0 unspecified atom stereocenters. The summed E-state index contributed by atoms with van der Waals surface area (Å²) in [5.74, 6) is 0.811. The third kappa shape index (κ3) is 4.76. The van der Waals surface area contributed by atoms with Crippen LogP contribution < -0.4 is 20.2 Å². The molecule has 0 bridgehead atoms. The minimum Gasteiger partial charge on any atom is -0.378 e. The van der Waals surface area contributed by atoms with Gasteiger partial charge in [0.15, 0.2) is 4.84 Å². The molecule has 0 spiro atoms. The Morgan fingerprint density at radius 2 is 1.46 bits per heavy atom. The molecule has 0 aliphatic carbocycles. The van der Waals surface area contributed by atoms with E-state index in [0.29, 0.717) is 70.5 Å². The average molecular weight is 406 g/mol. The second-order valence-electron chi connectivity index (χ2n) is 5.77. The molecular formula is C14H21Cl2N7O3. The van der Waals surface area contributed by atoms with Crippen molar-refractivity contribution in [2.24, 2.45) is 0 Å². The largest absolute Gasteiger partial charge is 0.378 e. The van der Waals surface area contributed by atoms with Crippen molar-refractivity contribution in [2.75, 3.05) is 74.5 Å². The van der Waals surface area contributed by atoms with Crippen LogP contribution in [0.1, 0.15) is 0 Å². The van der Waals surface area contributed by atoms with Gasteiger partial charge in [-0.15, -0.1) is 0 Å². The summed E-state index contributed by atoms with van der Waals surface area (Å²) < 4.78 is 10.8. The molecule has 0 saturated carbocycles. The molecule has 1 amide bonds. The lowest BCUT2D eigenvalue weighted by Crippen LogP contribution is -2.44. The number of hydrazine groups is 1. The number of nitrogens with one attached hydrogen (secondary N) is 1. The van der Waals surface area contributed by atoms with Crippen LogP contribution in [0.25, 0.3) is 0 Å². The Labute approximate surface area is 161 Å². The standard InChI is InChI=1S/C14H21Cl2N7O3/c1-21(20-11(24)10(15)16)12-17-13(22-2-6-25-7-3-22)19-14(18-12)23-4-8-26-9-5-23/h10H,2-9H2,1H3,(H,20,24). The van der Waals surface area contributed by atoms with Gasteiger partial charge < -0.3 is 19.3 Å². The van der Waals surface area contributed by atoms with Gasteiger partial charge in [0.2, 0.25) is 11.9 Å². The SMILES string of the molecule is CN(NC(=O)C(Cl)Cl)c1nc(N2CCOCC2)nc(N2CCOCC2)n1. The highest BCUT2D eigenvalue weighted by atomic mass is 35.5. The van der Waals surface area contributed by atoms with Crippen LogP contribution in [-0.4, -0.2) is 85.3 Å². The molecule has 1 aromatic rings. The Bertz CT molecular complexity index is 588. The second kappa shape index (κ2) is 8.85. The number of carbonyl (C=O) groups excluding carboxylic acids is 1. The Morgan fingerprint density at radius 3 is 1.88 bits per heavy atom. The van der Waals surface area contributed by atoms with Crippen molar-refractivity contribution < 1.29 is 14.3 Å². The van der Waals surface area contributed by atoms with Gasteiger partial charge in [0.05, 0.1) is 26.4 Å². The van der Waals surface area contributed by atoms with Crippen molar-refractivity contribution >= 4 is 47.0 Å². The number of nitrogens with zero attached hydrogens (tertiary/aromatic N) is 6. The minimum atomic E-state index is -1.18. The number of anilines is 3. The van der Waals surface area contributed by atoms with Gasteiger partial charge in [-0.25, -0.2) is 0 Å². The Hall–Kier alpha value is -1.62. The number of hydrogen-bond acceptors (Lipinski definition) is 9. The fourth-order valence-electron chi connectivity index (χ4n) is 2.57. The third-order valence-electron chi connectivity index (χ3n) is 3.96. The molecule has 2 aliphatic rings. The maximum absolute atomic E-state index is 11.8. The fraction of sp³-hybridized carbons (Fsp3) is 0.714. The summed E-state index contributed by atoms with van der Waals surface area (Å²) in [4.78, 5) is 28.2. The maximum Gasteiger partial charge on any atom is 0.271 e. The first kappa shape index (κ1) is 19.2. The molecule has 2 fully saturated rings. The molecule has 26 heavy (non-hydrogen) atoms. The van der Waals surface area contributed by atoms with Crippen molar-refractivity contribution in [3.63, 3.8) is 0 Å². The van der Waals surface area contributed by atoms with Crippen LogP contribution in [0.15, 0.2) is 0 Å². The molecule has 0 aromatic carbocycles.